The molecule has 0 aliphatic rings. The summed E-state index contributed by atoms with van der Waals surface area (Å²) in [5.74, 6) is -0.431. The monoisotopic (exact) mass is 412 g/mol. The quantitative estimate of drug-likeness (QED) is 0.189. The van der Waals surface area contributed by atoms with Crippen molar-refractivity contribution in [3.8, 4) is 0 Å². The largest absolute Gasteiger partial charge is 0.395 e. The van der Waals surface area contributed by atoms with Gasteiger partial charge in [0.25, 0.3) is 0 Å². The summed E-state index contributed by atoms with van der Waals surface area (Å²) in [4.78, 5) is 28.2. The first-order valence-electron chi connectivity index (χ1n) is 8.56. The lowest BCUT2D eigenvalue weighted by molar-refractivity contribution is -0.118. The highest BCUT2D eigenvalue weighted by Crippen LogP contribution is 2.30. The third-order valence-corrected chi connectivity index (χ3v) is 5.41. The Morgan fingerprint density at radius 3 is 2.83 bits per heavy atom. The summed E-state index contributed by atoms with van der Waals surface area (Å²) in [5.41, 5.74) is 8.64. The molecule has 3 N–H and O–H groups in total. The Balaban J connectivity index is 1.93. The van der Waals surface area contributed by atoms with Crippen LogP contribution in [0.3, 0.4) is 0 Å². The number of aryl methyl sites for hydroxylation is 2. The average Bonchev–Trinajstić information content (AvgIpc) is 3.37. The lowest BCUT2D eigenvalue weighted by atomic mass is 10.3. The van der Waals surface area contributed by atoms with E-state index in [4.69, 9.17) is 11.1 Å². The van der Waals surface area contributed by atoms with Crippen LogP contribution in [0, 0.1) is 12.3 Å². The van der Waals surface area contributed by atoms with Crippen molar-refractivity contribution < 1.29 is 9.59 Å². The van der Waals surface area contributed by atoms with Crippen molar-refractivity contribution in [1.82, 2.24) is 24.3 Å². The Labute approximate surface area is 170 Å². The van der Waals surface area contributed by atoms with Gasteiger partial charge >= 0.3 is 0 Å². The number of Topliss-reactive ketones (excluding diaryl/α,β-unsaturated/α-hetero) is 1. The van der Waals surface area contributed by atoms with Gasteiger partial charge in [0.15, 0.2) is 10.7 Å². The highest BCUT2D eigenvalue weighted by atomic mass is 32.1. The number of nitrogens with one attached hydrogen (secondary N) is 1. The number of carbonyl (C=O) groups excluding carboxylic acids is 2. The number of hydrazone groups is 1. The summed E-state index contributed by atoms with van der Waals surface area (Å²) in [6.07, 6.45) is 6.19. The number of nitrogens with zero attached hydrogens (tertiary/aromatic N) is 6. The first kappa shape index (κ1) is 20.1. The van der Waals surface area contributed by atoms with E-state index in [0.717, 1.165) is 22.2 Å². The Kier molecular flexibility index (Phi) is 5.69. The van der Waals surface area contributed by atoms with Gasteiger partial charge < -0.3 is 15.7 Å². The molecule has 29 heavy (non-hydrogen) atoms. The van der Waals surface area contributed by atoms with Gasteiger partial charge in [-0.2, -0.15) is 10.2 Å². The standard InChI is InChI=1S/C18H20N8O2S/c1-11-13(8-21-26(10-27)9-12-5-7-24(2)23-12)16-17(25(11)3)22-18(29-16)15(28)14(20)4-6-19/h4-8,10,19H,9,20H2,1-3H3/b14-4?,19-6?,21-8-. The van der Waals surface area contributed by atoms with Gasteiger partial charge in [0.2, 0.25) is 12.2 Å². The van der Waals surface area contributed by atoms with E-state index >= 15 is 0 Å². The molecule has 0 fully saturated rings. The second kappa shape index (κ2) is 8.19. The Bertz CT molecular complexity index is 1150. The predicted molar refractivity (Wildman–Crippen MR) is 111 cm³/mol. The maximum Gasteiger partial charge on any atom is 0.237 e. The molecule has 0 unspecified atom stereocenters. The molecule has 0 spiro atoms. The Morgan fingerprint density at radius 1 is 1.45 bits per heavy atom. The van der Waals surface area contributed by atoms with Gasteiger partial charge in [0.05, 0.1) is 28.9 Å². The maximum atomic E-state index is 12.4. The van der Waals surface area contributed by atoms with E-state index in [1.165, 1.54) is 22.4 Å². The first-order chi connectivity index (χ1) is 13.8. The van der Waals surface area contributed by atoms with E-state index in [1.54, 1.807) is 24.1 Å². The van der Waals surface area contributed by atoms with Crippen LogP contribution in [0.25, 0.3) is 10.3 Å². The summed E-state index contributed by atoms with van der Waals surface area (Å²) in [7, 11) is 3.64. The van der Waals surface area contributed by atoms with Gasteiger partial charge in [-0.15, -0.1) is 11.3 Å². The molecule has 0 saturated carbocycles. The van der Waals surface area contributed by atoms with Gasteiger partial charge in [0, 0.05) is 37.8 Å². The molecule has 0 aliphatic heterocycles. The number of thiazole rings is 1. The van der Waals surface area contributed by atoms with Crippen LogP contribution in [0.2, 0.25) is 0 Å². The van der Waals surface area contributed by atoms with Crippen LogP contribution < -0.4 is 5.73 Å². The highest BCUT2D eigenvalue weighted by Gasteiger charge is 2.20. The number of nitrogens with two attached hydrogens (primary N) is 1. The van der Waals surface area contributed by atoms with Crippen molar-refractivity contribution in [2.24, 2.45) is 24.9 Å². The lowest BCUT2D eigenvalue weighted by Crippen LogP contribution is -2.15. The number of hydrogen-bond donors (Lipinski definition) is 2. The zero-order valence-corrected chi connectivity index (χ0v) is 17.0. The van der Waals surface area contributed by atoms with Crippen LogP contribution in [0.15, 0.2) is 29.1 Å². The summed E-state index contributed by atoms with van der Waals surface area (Å²) < 4.78 is 4.27. The van der Waals surface area contributed by atoms with Crippen molar-refractivity contribution in [2.45, 2.75) is 13.5 Å². The number of hydrogen-bond acceptors (Lipinski definition) is 8. The molecule has 0 aliphatic carbocycles. The molecule has 0 radical (unpaired) electrons. The summed E-state index contributed by atoms with van der Waals surface area (Å²) >= 11 is 1.20. The number of aromatic nitrogens is 4. The number of fused-ring (bicyclic) bond motifs is 1. The smallest absolute Gasteiger partial charge is 0.237 e. The van der Waals surface area contributed by atoms with Gasteiger partial charge in [0.1, 0.15) is 0 Å². The van der Waals surface area contributed by atoms with Crippen molar-refractivity contribution >= 4 is 46.3 Å². The SMILES string of the molecule is Cc1c(/C=N\N(C=O)Cc2ccn(C)n2)c2sc(C(=O)C(N)=CC=N)nc2n1C. The predicted octanol–water partition coefficient (Wildman–Crippen LogP) is 1.34. The van der Waals surface area contributed by atoms with E-state index < -0.39 is 5.78 Å². The second-order valence-corrected chi connectivity index (χ2v) is 7.28. The molecular weight excluding hydrogens is 392 g/mol. The molecule has 3 rings (SSSR count). The molecule has 3 aromatic heterocycles. The van der Waals surface area contributed by atoms with Crippen LogP contribution >= 0.6 is 11.3 Å². The summed E-state index contributed by atoms with van der Waals surface area (Å²) in [6, 6.07) is 1.81. The van der Waals surface area contributed by atoms with Crippen LogP contribution in [-0.2, 0) is 25.4 Å². The molecular formula is C18H20N8O2S. The van der Waals surface area contributed by atoms with Crippen LogP contribution in [0.5, 0.6) is 0 Å². The minimum Gasteiger partial charge on any atom is -0.395 e. The molecule has 3 aromatic rings. The van der Waals surface area contributed by atoms with Gasteiger partial charge in [-0.1, -0.05) is 0 Å². The van der Waals surface area contributed by atoms with Crippen LogP contribution in [0.4, 0.5) is 0 Å². The maximum absolute atomic E-state index is 12.4. The molecule has 0 atom stereocenters. The number of rotatable bonds is 8. The number of ketones is 1. The van der Waals surface area contributed by atoms with Gasteiger partial charge in [-0.3, -0.25) is 14.3 Å². The van der Waals surface area contributed by atoms with Crippen molar-refractivity contribution in [2.75, 3.05) is 0 Å². The molecule has 0 aromatic carbocycles. The molecule has 11 heteroatoms. The molecule has 10 nitrogen and oxygen atoms in total. The molecule has 1 amide bonds. The van der Waals surface area contributed by atoms with Crippen LogP contribution in [-0.4, -0.2) is 49.0 Å². The van der Waals surface area contributed by atoms with Gasteiger partial charge in [-0.25, -0.2) is 9.99 Å². The fourth-order valence-corrected chi connectivity index (χ4v) is 3.83. The van der Waals surface area contributed by atoms with Crippen LogP contribution in [0.1, 0.15) is 26.8 Å². The van der Waals surface area contributed by atoms with Crippen molar-refractivity contribution in [3.63, 3.8) is 0 Å². The van der Waals surface area contributed by atoms with E-state index in [-0.39, 0.29) is 17.2 Å². The zero-order chi connectivity index (χ0) is 21.1. The summed E-state index contributed by atoms with van der Waals surface area (Å²) in [6.45, 7) is 2.15. The first-order valence-corrected chi connectivity index (χ1v) is 9.38. The van der Waals surface area contributed by atoms with E-state index in [9.17, 15) is 9.59 Å². The molecule has 3 heterocycles. The lowest BCUT2D eigenvalue weighted by Gasteiger charge is -2.08. The fourth-order valence-electron chi connectivity index (χ4n) is 2.71. The average molecular weight is 412 g/mol. The van der Waals surface area contributed by atoms with Gasteiger partial charge in [-0.05, 0) is 19.1 Å². The number of amides is 1. The third-order valence-electron chi connectivity index (χ3n) is 4.33. The van der Waals surface area contributed by atoms with Crippen molar-refractivity contribution in [3.05, 3.63) is 46.0 Å². The number of allylic oxidation sites excluding steroid dienone is 2. The Morgan fingerprint density at radius 2 is 2.21 bits per heavy atom. The molecule has 0 saturated heterocycles. The minimum absolute atomic E-state index is 0.0477. The van der Waals surface area contributed by atoms with E-state index in [0.29, 0.717) is 17.8 Å². The van der Waals surface area contributed by atoms with Crippen molar-refractivity contribution in [1.29, 1.82) is 5.41 Å². The molecule has 150 valence electrons. The normalized spacial score (nSPS) is 12.0. The highest BCUT2D eigenvalue weighted by molar-refractivity contribution is 7.20. The second-order valence-electron chi connectivity index (χ2n) is 6.28. The third kappa shape index (κ3) is 3.99. The van der Waals surface area contributed by atoms with E-state index in [2.05, 4.69) is 15.2 Å². The molecule has 0 bridgehead atoms. The minimum atomic E-state index is -0.431. The Hall–Kier alpha value is -3.60. The van der Waals surface area contributed by atoms with E-state index in [1.807, 2.05) is 24.6 Å². The zero-order valence-electron chi connectivity index (χ0n) is 16.2. The fraction of sp³-hybridized carbons (Fsp3) is 0.222. The number of carbonyl (C=O) groups is 2. The summed E-state index contributed by atoms with van der Waals surface area (Å²) in [5, 5.41) is 17.0. The topological polar surface area (TPSA) is 135 Å².